The van der Waals surface area contributed by atoms with E-state index >= 15 is 0 Å². The molecule has 0 radical (unpaired) electrons. The van der Waals surface area contributed by atoms with Gasteiger partial charge in [-0.1, -0.05) is 0 Å². The van der Waals surface area contributed by atoms with Gasteiger partial charge in [-0.3, -0.25) is 4.79 Å². The summed E-state index contributed by atoms with van der Waals surface area (Å²) in [6.07, 6.45) is 1.97. The van der Waals surface area contributed by atoms with Gasteiger partial charge in [-0.15, -0.1) is 0 Å². The van der Waals surface area contributed by atoms with E-state index in [-0.39, 0.29) is 13.2 Å². The van der Waals surface area contributed by atoms with Gasteiger partial charge in [0, 0.05) is 6.54 Å². The summed E-state index contributed by atoms with van der Waals surface area (Å²) in [6, 6.07) is -0.175. The summed E-state index contributed by atoms with van der Waals surface area (Å²) in [6.45, 7) is -0.0658. The van der Waals surface area contributed by atoms with E-state index < -0.39 is 40.8 Å². The molecule has 1 amide bonds. The van der Waals surface area contributed by atoms with Gasteiger partial charge in [0.25, 0.3) is 5.91 Å². The van der Waals surface area contributed by atoms with E-state index in [1.54, 1.807) is 0 Å². The molecule has 0 saturated carbocycles. The lowest BCUT2D eigenvalue weighted by molar-refractivity contribution is 0.0496. The number of benzene rings is 1. The zero-order valence-corrected chi connectivity index (χ0v) is 10.5. The molecule has 1 aliphatic heterocycles. The third-order valence-corrected chi connectivity index (χ3v) is 3.43. The molecular formula is C13H13F4NO2. The highest BCUT2D eigenvalue weighted by Gasteiger charge is 2.31. The molecule has 2 rings (SSSR count). The van der Waals surface area contributed by atoms with Crippen LogP contribution < -0.4 is 0 Å². The molecule has 1 unspecified atom stereocenters. The number of likely N-dealkylation sites (tertiary alicyclic amines) is 1. The maximum Gasteiger partial charge on any atom is 0.257 e. The summed E-state index contributed by atoms with van der Waals surface area (Å²) in [7, 11) is 0. The van der Waals surface area contributed by atoms with Crippen LogP contribution in [0.25, 0.3) is 0 Å². The van der Waals surface area contributed by atoms with Gasteiger partial charge >= 0.3 is 0 Å². The van der Waals surface area contributed by atoms with Crippen LogP contribution in [0.1, 0.15) is 29.6 Å². The minimum atomic E-state index is -2.01. The van der Waals surface area contributed by atoms with Crippen molar-refractivity contribution in [1.82, 2.24) is 4.90 Å². The highest BCUT2D eigenvalue weighted by atomic mass is 19.2. The minimum Gasteiger partial charge on any atom is -0.394 e. The van der Waals surface area contributed by atoms with Gasteiger partial charge in [0.2, 0.25) is 0 Å². The number of nitrogens with zero attached hydrogens (tertiary/aromatic N) is 1. The van der Waals surface area contributed by atoms with Crippen molar-refractivity contribution in [3.63, 3.8) is 0 Å². The number of amides is 1. The van der Waals surface area contributed by atoms with E-state index in [1.165, 1.54) is 4.90 Å². The number of piperidine rings is 1. The lowest BCUT2D eigenvalue weighted by Crippen LogP contribution is -2.46. The molecule has 1 atom stereocenters. The van der Waals surface area contributed by atoms with E-state index in [4.69, 9.17) is 0 Å². The van der Waals surface area contributed by atoms with Gasteiger partial charge in [-0.2, -0.15) is 0 Å². The van der Waals surface area contributed by atoms with Crippen LogP contribution in [0.2, 0.25) is 0 Å². The fraction of sp³-hybridized carbons (Fsp3) is 0.462. The van der Waals surface area contributed by atoms with Gasteiger partial charge in [0.15, 0.2) is 23.3 Å². The molecule has 1 aromatic rings. The van der Waals surface area contributed by atoms with E-state index in [2.05, 4.69) is 0 Å². The third kappa shape index (κ3) is 2.49. The Morgan fingerprint density at radius 3 is 2.55 bits per heavy atom. The normalized spacial score (nSPS) is 19.2. The molecule has 1 N–H and O–H groups in total. The zero-order chi connectivity index (χ0) is 14.9. The zero-order valence-electron chi connectivity index (χ0n) is 10.5. The standard InChI is InChI=1S/C13H13F4NO2/c14-9-5-8(10(15)12(17)11(9)16)13(20)18-4-2-1-3-7(18)6-19/h5,7,19H,1-4,6H2. The largest absolute Gasteiger partial charge is 0.394 e. The van der Waals surface area contributed by atoms with Crippen LogP contribution in [0.5, 0.6) is 0 Å². The molecule has 1 aliphatic rings. The number of hydrogen-bond donors (Lipinski definition) is 1. The summed E-state index contributed by atoms with van der Waals surface area (Å²) in [5, 5.41) is 9.18. The third-order valence-electron chi connectivity index (χ3n) is 3.43. The van der Waals surface area contributed by atoms with Crippen molar-refractivity contribution in [2.45, 2.75) is 25.3 Å². The molecule has 1 fully saturated rings. The molecule has 0 spiro atoms. The number of rotatable bonds is 2. The molecule has 110 valence electrons. The molecule has 7 heteroatoms. The average molecular weight is 291 g/mol. The van der Waals surface area contributed by atoms with E-state index in [1.807, 2.05) is 0 Å². The molecule has 20 heavy (non-hydrogen) atoms. The van der Waals surface area contributed by atoms with Crippen LogP contribution >= 0.6 is 0 Å². The average Bonchev–Trinajstić information content (AvgIpc) is 2.48. The number of aliphatic hydroxyl groups excluding tert-OH is 1. The van der Waals surface area contributed by atoms with Crippen molar-refractivity contribution in [1.29, 1.82) is 0 Å². The van der Waals surface area contributed by atoms with Crippen molar-refractivity contribution in [3.05, 3.63) is 34.9 Å². The monoisotopic (exact) mass is 291 g/mol. The van der Waals surface area contributed by atoms with Crippen molar-refractivity contribution in [2.24, 2.45) is 0 Å². The number of carbonyl (C=O) groups is 1. The highest BCUT2D eigenvalue weighted by molar-refractivity contribution is 5.94. The number of halogens is 4. The Hall–Kier alpha value is -1.63. The van der Waals surface area contributed by atoms with Crippen molar-refractivity contribution in [3.8, 4) is 0 Å². The maximum absolute atomic E-state index is 13.6. The summed E-state index contributed by atoms with van der Waals surface area (Å²) in [4.78, 5) is 13.3. The van der Waals surface area contributed by atoms with Crippen LogP contribution in [0.4, 0.5) is 17.6 Å². The van der Waals surface area contributed by atoms with E-state index in [9.17, 15) is 27.5 Å². The number of hydrogen-bond acceptors (Lipinski definition) is 2. The van der Waals surface area contributed by atoms with Crippen LogP contribution in [-0.4, -0.2) is 35.1 Å². The first kappa shape index (κ1) is 14.8. The van der Waals surface area contributed by atoms with Gasteiger partial charge in [-0.25, -0.2) is 17.6 Å². The predicted octanol–water partition coefficient (Wildman–Crippen LogP) is 2.23. The second kappa shape index (κ2) is 5.78. The first-order valence-corrected chi connectivity index (χ1v) is 6.22. The Morgan fingerprint density at radius 2 is 1.90 bits per heavy atom. The molecule has 3 nitrogen and oxygen atoms in total. The predicted molar refractivity (Wildman–Crippen MR) is 62.0 cm³/mol. The first-order valence-electron chi connectivity index (χ1n) is 6.22. The number of carbonyl (C=O) groups excluding carboxylic acids is 1. The Kier molecular flexibility index (Phi) is 4.27. The van der Waals surface area contributed by atoms with Gasteiger partial charge in [-0.05, 0) is 25.3 Å². The summed E-state index contributed by atoms with van der Waals surface area (Å²) in [5.74, 6) is -8.23. The molecule has 0 aliphatic carbocycles. The molecule has 1 saturated heterocycles. The lowest BCUT2D eigenvalue weighted by atomic mass is 10.0. The number of aliphatic hydroxyl groups is 1. The molecule has 0 aromatic heterocycles. The van der Waals surface area contributed by atoms with Gasteiger partial charge in [0.1, 0.15) is 0 Å². The summed E-state index contributed by atoms with van der Waals surface area (Å²) in [5.41, 5.74) is -0.859. The van der Waals surface area contributed by atoms with Crippen molar-refractivity contribution in [2.75, 3.05) is 13.2 Å². The first-order chi connectivity index (χ1) is 9.47. The van der Waals surface area contributed by atoms with Crippen LogP contribution in [0.15, 0.2) is 6.07 Å². The van der Waals surface area contributed by atoms with Crippen LogP contribution in [0, 0.1) is 23.3 Å². The fourth-order valence-corrected chi connectivity index (χ4v) is 2.34. The lowest BCUT2D eigenvalue weighted by Gasteiger charge is -2.34. The van der Waals surface area contributed by atoms with Crippen LogP contribution in [-0.2, 0) is 0 Å². The van der Waals surface area contributed by atoms with Crippen molar-refractivity contribution >= 4 is 5.91 Å². The fourth-order valence-electron chi connectivity index (χ4n) is 2.34. The van der Waals surface area contributed by atoms with Crippen molar-refractivity contribution < 1.29 is 27.5 Å². The molecular weight excluding hydrogens is 278 g/mol. The molecule has 0 bridgehead atoms. The molecule has 1 heterocycles. The molecule has 1 aromatic carbocycles. The van der Waals surface area contributed by atoms with E-state index in [0.29, 0.717) is 18.9 Å². The Bertz CT molecular complexity index is 536. The summed E-state index contributed by atoms with van der Waals surface area (Å²) < 4.78 is 52.7. The Balaban J connectivity index is 2.38. The van der Waals surface area contributed by atoms with E-state index in [0.717, 1.165) is 6.42 Å². The highest BCUT2D eigenvalue weighted by Crippen LogP contribution is 2.24. The quantitative estimate of drug-likeness (QED) is 0.516. The minimum absolute atomic E-state index is 0.254. The topological polar surface area (TPSA) is 40.5 Å². The maximum atomic E-state index is 13.6. The Morgan fingerprint density at radius 1 is 1.20 bits per heavy atom. The Labute approximate surface area is 112 Å². The van der Waals surface area contributed by atoms with Crippen LogP contribution in [0.3, 0.4) is 0 Å². The second-order valence-electron chi connectivity index (χ2n) is 4.68. The SMILES string of the molecule is O=C(c1cc(F)c(F)c(F)c1F)N1CCCCC1CO. The van der Waals surface area contributed by atoms with Gasteiger partial charge in [0.05, 0.1) is 18.2 Å². The summed E-state index contributed by atoms with van der Waals surface area (Å²) >= 11 is 0. The smallest absolute Gasteiger partial charge is 0.257 e. The van der Waals surface area contributed by atoms with Gasteiger partial charge < -0.3 is 10.0 Å². The second-order valence-corrected chi connectivity index (χ2v) is 4.68.